The summed E-state index contributed by atoms with van der Waals surface area (Å²) in [6.07, 6.45) is 1.75. The summed E-state index contributed by atoms with van der Waals surface area (Å²) < 4.78 is 34.2. The second kappa shape index (κ2) is 17.1. The van der Waals surface area contributed by atoms with Crippen LogP contribution in [0.4, 0.5) is 0 Å². The number of nitrogens with zero attached hydrogens (tertiary/aromatic N) is 1. The van der Waals surface area contributed by atoms with E-state index >= 15 is 0 Å². The van der Waals surface area contributed by atoms with E-state index in [1.165, 1.54) is 27.0 Å². The molecule has 0 radical (unpaired) electrons. The first-order chi connectivity index (χ1) is 17.7. The van der Waals surface area contributed by atoms with Crippen LogP contribution in [0.5, 0.6) is 0 Å². The van der Waals surface area contributed by atoms with Gasteiger partial charge in [-0.25, -0.2) is 0 Å². The largest absolute Gasteiger partial charge is 0.438 e. The monoisotopic (exact) mass is 598 g/mol. The highest BCUT2D eigenvalue weighted by atomic mass is 32.1. The van der Waals surface area contributed by atoms with Gasteiger partial charge in [-0.3, -0.25) is 28.4 Å². The molecule has 0 aromatic carbocycles. The highest BCUT2D eigenvalue weighted by molar-refractivity contribution is 7.71. The molecule has 0 aliphatic carbocycles. The molecule has 0 bridgehead atoms. The minimum absolute atomic E-state index is 0.0827. The van der Waals surface area contributed by atoms with Gasteiger partial charge in [-0.2, -0.15) is 0 Å². The molecule has 0 fully saturated rings. The van der Waals surface area contributed by atoms with Gasteiger partial charge in [0, 0.05) is 25.9 Å². The summed E-state index contributed by atoms with van der Waals surface area (Å²) in [7, 11) is -0.489. The minimum Gasteiger partial charge on any atom is -0.438 e. The van der Waals surface area contributed by atoms with Crippen LogP contribution in [0.1, 0.15) is 61.8 Å². The zero-order chi connectivity index (χ0) is 30.4. The number of rotatable bonds is 13. The maximum atomic E-state index is 11.9. The van der Waals surface area contributed by atoms with Crippen LogP contribution in [0.15, 0.2) is 17.1 Å². The molecule has 1 aromatic heterocycles. The standard InChI is InChI=1S/C21H35N2O9PS.C3H8O2/c1-20(2,3)17(25)28-13-31-33(32-14-29-18(26)21(4,5)6)30-12-15(27-7)8-10-23-11-9-16(24)22-19(23)34;1-3(2,4)5/h9,11,15H,8,10,12-14H2,1-7H3,(H,22,24,34);4-5H,1-2H3. The number of H-pyrrole nitrogens is 1. The number of methoxy groups -OCH3 is 1. The van der Waals surface area contributed by atoms with Crippen LogP contribution in [0.25, 0.3) is 0 Å². The molecule has 15 heteroatoms. The summed E-state index contributed by atoms with van der Waals surface area (Å²) >= 11 is 5.14. The SMILES string of the molecule is CC(C)(O)O.COC(CCn1ccc(=O)[nH]c1=S)COP(OCOC(=O)C(C)(C)C)OCOC(=O)C(C)(C)C. The Morgan fingerprint density at radius 2 is 1.44 bits per heavy atom. The van der Waals surface area contributed by atoms with Crippen LogP contribution in [0.2, 0.25) is 0 Å². The third-order valence-corrected chi connectivity index (χ3v) is 5.54. The summed E-state index contributed by atoms with van der Waals surface area (Å²) in [6, 6.07) is 1.38. The van der Waals surface area contributed by atoms with Crippen molar-refractivity contribution in [3.8, 4) is 0 Å². The van der Waals surface area contributed by atoms with E-state index in [-0.39, 0.29) is 31.9 Å². The third kappa shape index (κ3) is 19.0. The van der Waals surface area contributed by atoms with Gasteiger partial charge in [-0.15, -0.1) is 0 Å². The third-order valence-electron chi connectivity index (χ3n) is 4.21. The fraction of sp³-hybridized carbons (Fsp3) is 0.750. The lowest BCUT2D eigenvalue weighted by atomic mass is 9.98. The molecule has 226 valence electrons. The van der Waals surface area contributed by atoms with E-state index in [1.54, 1.807) is 52.3 Å². The van der Waals surface area contributed by atoms with Gasteiger partial charge in [0.1, 0.15) is 0 Å². The average Bonchev–Trinajstić information content (AvgIpc) is 2.77. The van der Waals surface area contributed by atoms with Crippen molar-refractivity contribution in [1.82, 2.24) is 9.55 Å². The summed E-state index contributed by atoms with van der Waals surface area (Å²) in [5.41, 5.74) is -1.66. The molecule has 1 heterocycles. The Kier molecular flexibility index (Phi) is 16.4. The maximum absolute atomic E-state index is 11.9. The quantitative estimate of drug-likeness (QED) is 0.131. The number of carbonyl (C=O) groups is 2. The molecular weight excluding hydrogens is 555 g/mol. The van der Waals surface area contributed by atoms with Gasteiger partial charge >= 0.3 is 20.5 Å². The van der Waals surface area contributed by atoms with Gasteiger partial charge in [-0.05, 0) is 74.0 Å². The lowest BCUT2D eigenvalue weighted by Gasteiger charge is -2.22. The lowest BCUT2D eigenvalue weighted by molar-refractivity contribution is -0.162. The van der Waals surface area contributed by atoms with Crippen LogP contribution in [-0.4, -0.2) is 70.9 Å². The van der Waals surface area contributed by atoms with Crippen LogP contribution in [0, 0.1) is 15.6 Å². The zero-order valence-electron chi connectivity index (χ0n) is 24.1. The number of hydrogen-bond donors (Lipinski definition) is 3. The zero-order valence-corrected chi connectivity index (χ0v) is 25.8. The normalized spacial score (nSPS) is 12.9. The molecule has 0 saturated carbocycles. The molecule has 1 rings (SSSR count). The Morgan fingerprint density at radius 3 is 1.82 bits per heavy atom. The summed E-state index contributed by atoms with van der Waals surface area (Å²) in [5, 5.41) is 16.2. The molecule has 39 heavy (non-hydrogen) atoms. The Labute approximate surface area is 235 Å². The Hall–Kier alpha value is -1.77. The fourth-order valence-corrected chi connectivity index (χ4v) is 3.15. The number of nitrogens with one attached hydrogen (secondary N) is 1. The van der Waals surface area contributed by atoms with E-state index in [0.717, 1.165) is 0 Å². The van der Waals surface area contributed by atoms with Gasteiger partial charge in [0.05, 0.1) is 23.5 Å². The molecule has 3 N–H and O–H groups in total. The highest BCUT2D eigenvalue weighted by Crippen LogP contribution is 2.40. The first-order valence-corrected chi connectivity index (χ1v) is 13.5. The molecule has 13 nitrogen and oxygen atoms in total. The van der Waals surface area contributed by atoms with Crippen molar-refractivity contribution in [2.45, 2.75) is 80.2 Å². The van der Waals surface area contributed by atoms with Crippen molar-refractivity contribution in [2.75, 3.05) is 27.3 Å². The number of carbonyl (C=O) groups excluding carboxylic acids is 2. The van der Waals surface area contributed by atoms with Gasteiger partial charge < -0.3 is 33.5 Å². The van der Waals surface area contributed by atoms with Gasteiger partial charge in [0.15, 0.2) is 10.6 Å². The van der Waals surface area contributed by atoms with Crippen molar-refractivity contribution in [2.24, 2.45) is 10.8 Å². The van der Waals surface area contributed by atoms with Crippen molar-refractivity contribution in [3.05, 3.63) is 27.4 Å². The summed E-state index contributed by atoms with van der Waals surface area (Å²) in [6.45, 7) is 12.7. The predicted octanol–water partition coefficient (Wildman–Crippen LogP) is 3.39. The lowest BCUT2D eigenvalue weighted by Crippen LogP contribution is -2.25. The Balaban J connectivity index is 0.00000263. The van der Waals surface area contributed by atoms with E-state index in [0.29, 0.717) is 17.7 Å². The summed E-state index contributed by atoms with van der Waals surface area (Å²) in [5.74, 6) is -2.40. The number of aliphatic hydroxyl groups is 2. The summed E-state index contributed by atoms with van der Waals surface area (Å²) in [4.78, 5) is 37.7. The predicted molar refractivity (Wildman–Crippen MR) is 146 cm³/mol. The topological polar surface area (TPSA) is 168 Å². The molecule has 0 amide bonds. The molecule has 1 aromatic rings. The van der Waals surface area contributed by atoms with Crippen LogP contribution in [0.3, 0.4) is 0 Å². The Bertz CT molecular complexity index is 956. The van der Waals surface area contributed by atoms with Gasteiger partial charge in [0.2, 0.25) is 13.6 Å². The van der Waals surface area contributed by atoms with E-state index in [2.05, 4.69) is 4.98 Å². The Morgan fingerprint density at radius 1 is 0.974 bits per heavy atom. The molecule has 1 atom stereocenters. The number of esters is 2. The van der Waals surface area contributed by atoms with Gasteiger partial charge in [-0.1, -0.05) is 0 Å². The van der Waals surface area contributed by atoms with Gasteiger partial charge in [0.25, 0.3) is 5.56 Å². The molecule has 1 unspecified atom stereocenters. The van der Waals surface area contributed by atoms with Crippen molar-refractivity contribution in [3.63, 3.8) is 0 Å². The number of ether oxygens (including phenoxy) is 3. The second-order valence-corrected chi connectivity index (χ2v) is 12.4. The van der Waals surface area contributed by atoms with Crippen molar-refractivity contribution >= 4 is 32.8 Å². The van der Waals surface area contributed by atoms with E-state index < -0.39 is 37.2 Å². The first kappa shape index (κ1) is 37.2. The van der Waals surface area contributed by atoms with Crippen LogP contribution < -0.4 is 5.56 Å². The van der Waals surface area contributed by atoms with E-state index in [1.807, 2.05) is 0 Å². The maximum Gasteiger partial charge on any atom is 0.338 e. The first-order valence-electron chi connectivity index (χ1n) is 12.0. The molecule has 0 aliphatic heterocycles. The number of aromatic nitrogens is 2. The van der Waals surface area contributed by atoms with Crippen LogP contribution in [-0.2, 0) is 43.9 Å². The molecule has 0 aliphatic rings. The molecular formula is C24H43N2O11PS. The van der Waals surface area contributed by atoms with Crippen LogP contribution >= 0.6 is 20.8 Å². The van der Waals surface area contributed by atoms with Crippen molar-refractivity contribution < 1.29 is 47.6 Å². The molecule has 0 spiro atoms. The van der Waals surface area contributed by atoms with Crippen molar-refractivity contribution in [1.29, 1.82) is 0 Å². The molecule has 0 saturated heterocycles. The average molecular weight is 599 g/mol. The second-order valence-electron chi connectivity index (χ2n) is 10.8. The minimum atomic E-state index is -2.02. The highest BCUT2D eigenvalue weighted by Gasteiger charge is 2.26. The fourth-order valence-electron chi connectivity index (χ4n) is 2.11. The van der Waals surface area contributed by atoms with E-state index in [9.17, 15) is 14.4 Å². The number of hydrogen-bond acceptors (Lipinski definition) is 12. The van der Waals surface area contributed by atoms with E-state index in [4.69, 9.17) is 50.2 Å². The number of aryl methyl sites for hydroxylation is 1. The number of aromatic amines is 1. The smallest absolute Gasteiger partial charge is 0.338 e.